The zero-order valence-electron chi connectivity index (χ0n) is 22.3. The number of carboxylic acids is 2. The standard InChI is InChI=1S/C23H19N5O2.2C2HF3O2/c1-2-28-17-11-14(21-15-9-10-24-22(15)26-13-25-21)7-8-16(17)27-23(28)20-12-29-18-5-3-4-6-19(18)30-20;2*3-2(4,5)1(6)7/h3-11,13,20H,2,12H2,1H3,(H,24,25,26);2*(H,6,7). The summed E-state index contributed by atoms with van der Waals surface area (Å²) in [6.07, 6.45) is -6.95. The molecule has 44 heavy (non-hydrogen) atoms. The molecule has 0 saturated carbocycles. The number of alkyl halides is 6. The predicted molar refractivity (Wildman–Crippen MR) is 141 cm³/mol. The number of H-pyrrole nitrogens is 1. The molecule has 1 aliphatic rings. The van der Waals surface area contributed by atoms with E-state index in [1.165, 1.54) is 0 Å². The van der Waals surface area contributed by atoms with Gasteiger partial charge in [-0.3, -0.25) is 0 Å². The molecule has 3 aromatic heterocycles. The highest BCUT2D eigenvalue weighted by molar-refractivity contribution is 5.93. The Morgan fingerprint density at radius 2 is 1.61 bits per heavy atom. The summed E-state index contributed by atoms with van der Waals surface area (Å²) in [5, 5.41) is 15.3. The van der Waals surface area contributed by atoms with Gasteiger partial charge in [0.2, 0.25) is 0 Å². The van der Waals surface area contributed by atoms with Crippen LogP contribution in [0, 0.1) is 0 Å². The molecular weight excluding hydrogens is 604 g/mol. The number of carboxylic acid groups (broad SMARTS) is 2. The highest BCUT2D eigenvalue weighted by Crippen LogP contribution is 2.37. The van der Waals surface area contributed by atoms with E-state index in [-0.39, 0.29) is 6.10 Å². The molecule has 1 aliphatic heterocycles. The van der Waals surface area contributed by atoms with E-state index < -0.39 is 24.3 Å². The van der Waals surface area contributed by atoms with Crippen molar-refractivity contribution < 1.29 is 55.6 Å². The molecule has 0 spiro atoms. The van der Waals surface area contributed by atoms with Crippen molar-refractivity contribution >= 4 is 34.0 Å². The number of aryl methyl sites for hydroxylation is 1. The number of benzene rings is 2. The van der Waals surface area contributed by atoms with E-state index in [4.69, 9.17) is 34.3 Å². The zero-order valence-corrected chi connectivity index (χ0v) is 22.3. The highest BCUT2D eigenvalue weighted by Gasteiger charge is 2.39. The van der Waals surface area contributed by atoms with E-state index in [0.29, 0.717) is 6.61 Å². The molecule has 0 amide bonds. The second-order valence-corrected chi connectivity index (χ2v) is 8.85. The number of para-hydroxylation sites is 2. The summed E-state index contributed by atoms with van der Waals surface area (Å²) in [5.41, 5.74) is 4.74. The van der Waals surface area contributed by atoms with Gasteiger partial charge in [0.1, 0.15) is 18.6 Å². The first-order valence-corrected chi connectivity index (χ1v) is 12.5. The number of ether oxygens (including phenoxy) is 2. The van der Waals surface area contributed by atoms with Crippen molar-refractivity contribution in [2.24, 2.45) is 0 Å². The number of halogens is 6. The van der Waals surface area contributed by atoms with Crippen LogP contribution in [0.2, 0.25) is 0 Å². The first kappa shape index (κ1) is 31.6. The minimum absolute atomic E-state index is 0.258. The molecule has 6 rings (SSSR count). The van der Waals surface area contributed by atoms with Crippen LogP contribution in [-0.4, -0.2) is 65.6 Å². The zero-order chi connectivity index (χ0) is 32.2. The lowest BCUT2D eigenvalue weighted by Crippen LogP contribution is -2.24. The number of aromatic nitrogens is 5. The van der Waals surface area contributed by atoms with Crippen LogP contribution in [0.5, 0.6) is 11.5 Å². The van der Waals surface area contributed by atoms with Crippen LogP contribution in [0.4, 0.5) is 26.3 Å². The highest BCUT2D eigenvalue weighted by atomic mass is 19.4. The third kappa shape index (κ3) is 6.99. The number of imidazole rings is 1. The average Bonchev–Trinajstić information content (AvgIpc) is 3.61. The largest absolute Gasteiger partial charge is 0.490 e. The molecule has 0 aliphatic carbocycles. The van der Waals surface area contributed by atoms with Crippen LogP contribution >= 0.6 is 0 Å². The fourth-order valence-corrected chi connectivity index (χ4v) is 4.12. The maximum absolute atomic E-state index is 10.6. The quantitative estimate of drug-likeness (QED) is 0.212. The third-order valence-corrected chi connectivity index (χ3v) is 6.00. The summed E-state index contributed by atoms with van der Waals surface area (Å²) in [7, 11) is 0. The SMILES string of the molecule is CCn1c(C2COc3ccccc3O2)nc2ccc(-c3ncnc4[nH]ccc34)cc21.O=C(O)C(F)(F)F.O=C(O)C(F)(F)F. The van der Waals surface area contributed by atoms with Crippen molar-refractivity contribution in [1.82, 2.24) is 24.5 Å². The Kier molecular flexibility index (Phi) is 8.96. The average molecular weight is 625 g/mol. The molecule has 4 heterocycles. The first-order chi connectivity index (χ1) is 20.7. The van der Waals surface area contributed by atoms with Gasteiger partial charge in [-0.1, -0.05) is 18.2 Å². The van der Waals surface area contributed by atoms with Crippen molar-refractivity contribution in [3.63, 3.8) is 0 Å². The summed E-state index contributed by atoms with van der Waals surface area (Å²) in [4.78, 5) is 34.6. The van der Waals surface area contributed by atoms with Crippen LogP contribution in [-0.2, 0) is 16.1 Å². The molecule has 3 N–H and O–H groups in total. The molecule has 0 radical (unpaired) electrons. The number of rotatable bonds is 3. The van der Waals surface area contributed by atoms with Gasteiger partial charge in [0.25, 0.3) is 0 Å². The lowest BCUT2D eigenvalue weighted by molar-refractivity contribution is -0.193. The van der Waals surface area contributed by atoms with Gasteiger partial charge in [-0.15, -0.1) is 0 Å². The lowest BCUT2D eigenvalue weighted by atomic mass is 10.1. The van der Waals surface area contributed by atoms with E-state index in [2.05, 4.69) is 38.6 Å². The number of fused-ring (bicyclic) bond motifs is 3. The van der Waals surface area contributed by atoms with Crippen LogP contribution in [0.1, 0.15) is 18.9 Å². The number of hydrogen-bond acceptors (Lipinski definition) is 7. The van der Waals surface area contributed by atoms with Crippen molar-refractivity contribution in [3.05, 3.63) is 66.9 Å². The summed E-state index contributed by atoms with van der Waals surface area (Å²) >= 11 is 0. The molecule has 5 aromatic rings. The van der Waals surface area contributed by atoms with Gasteiger partial charge >= 0.3 is 24.3 Å². The second-order valence-electron chi connectivity index (χ2n) is 8.85. The number of nitrogens with one attached hydrogen (secondary N) is 1. The first-order valence-electron chi connectivity index (χ1n) is 12.5. The Hall–Kier alpha value is -5.35. The fourth-order valence-electron chi connectivity index (χ4n) is 4.12. The molecule has 0 bridgehead atoms. The number of aliphatic carboxylic acids is 2. The van der Waals surface area contributed by atoms with E-state index in [1.54, 1.807) is 6.33 Å². The molecule has 0 fully saturated rings. The number of aromatic amines is 1. The second kappa shape index (κ2) is 12.5. The van der Waals surface area contributed by atoms with Crippen molar-refractivity contribution in [3.8, 4) is 22.8 Å². The maximum atomic E-state index is 10.6. The molecule has 11 nitrogen and oxygen atoms in total. The van der Waals surface area contributed by atoms with Crippen molar-refractivity contribution in [2.45, 2.75) is 31.9 Å². The number of carbonyl (C=O) groups is 2. The molecule has 17 heteroatoms. The van der Waals surface area contributed by atoms with Crippen molar-refractivity contribution in [1.29, 1.82) is 0 Å². The van der Waals surface area contributed by atoms with E-state index in [0.717, 1.165) is 57.2 Å². The number of nitrogens with zero attached hydrogens (tertiary/aromatic N) is 4. The molecule has 2 aromatic carbocycles. The Balaban J connectivity index is 0.000000265. The fraction of sp³-hybridized carbons (Fsp3) is 0.222. The molecular formula is C27H21F6N5O6. The lowest BCUT2D eigenvalue weighted by Gasteiger charge is -2.26. The minimum Gasteiger partial charge on any atom is -0.485 e. The van der Waals surface area contributed by atoms with Gasteiger partial charge in [-0.25, -0.2) is 24.5 Å². The summed E-state index contributed by atoms with van der Waals surface area (Å²) in [5.74, 6) is -3.12. The van der Waals surface area contributed by atoms with Crippen LogP contribution in [0.25, 0.3) is 33.3 Å². The van der Waals surface area contributed by atoms with Crippen LogP contribution < -0.4 is 9.47 Å². The van der Waals surface area contributed by atoms with Crippen LogP contribution in [0.15, 0.2) is 61.1 Å². The van der Waals surface area contributed by atoms with Gasteiger partial charge in [0.05, 0.1) is 16.7 Å². The summed E-state index contributed by atoms with van der Waals surface area (Å²) in [6, 6.07) is 16.0. The Labute approximate surface area is 242 Å². The predicted octanol–water partition coefficient (Wildman–Crippen LogP) is 5.77. The summed E-state index contributed by atoms with van der Waals surface area (Å²) < 4.78 is 77.8. The molecule has 232 valence electrons. The van der Waals surface area contributed by atoms with Gasteiger partial charge in [-0.2, -0.15) is 26.3 Å². The normalized spacial score (nSPS) is 14.3. The Morgan fingerprint density at radius 3 is 2.23 bits per heavy atom. The molecule has 0 saturated heterocycles. The topological polar surface area (TPSA) is 152 Å². The van der Waals surface area contributed by atoms with E-state index >= 15 is 0 Å². The van der Waals surface area contributed by atoms with Crippen molar-refractivity contribution in [2.75, 3.05) is 6.61 Å². The molecule has 1 atom stereocenters. The van der Waals surface area contributed by atoms with Crippen LogP contribution in [0.3, 0.4) is 0 Å². The third-order valence-electron chi connectivity index (χ3n) is 6.00. The minimum atomic E-state index is -5.08. The number of hydrogen-bond donors (Lipinski definition) is 3. The van der Waals surface area contributed by atoms with Gasteiger partial charge in [0, 0.05) is 23.7 Å². The van der Waals surface area contributed by atoms with Gasteiger partial charge < -0.3 is 29.2 Å². The van der Waals surface area contributed by atoms with E-state index in [1.807, 2.05) is 42.6 Å². The Bertz CT molecular complexity index is 1780. The monoisotopic (exact) mass is 625 g/mol. The van der Waals surface area contributed by atoms with Gasteiger partial charge in [0.15, 0.2) is 23.4 Å². The van der Waals surface area contributed by atoms with E-state index in [9.17, 15) is 26.3 Å². The molecule has 1 unspecified atom stereocenters. The summed E-state index contributed by atoms with van der Waals surface area (Å²) in [6.45, 7) is 3.33. The maximum Gasteiger partial charge on any atom is 0.490 e. The Morgan fingerprint density at radius 1 is 0.977 bits per heavy atom. The smallest absolute Gasteiger partial charge is 0.485 e. The van der Waals surface area contributed by atoms with Gasteiger partial charge in [-0.05, 0) is 37.3 Å².